The number of aliphatic hydroxyl groups excluding tert-OH is 1. The highest BCUT2D eigenvalue weighted by Crippen LogP contribution is 2.42. The van der Waals surface area contributed by atoms with E-state index in [1.807, 2.05) is 0 Å². The molecule has 0 aliphatic carbocycles. The largest absolute Gasteiger partial charge is 0.396 e. The first kappa shape index (κ1) is 25.7. The molecule has 1 nitrogen and oxygen atoms in total. The molecule has 0 atom stereocenters. The molecule has 5 rings (SSSR count). The summed E-state index contributed by atoms with van der Waals surface area (Å²) in [7, 11) is -1.52. The number of aliphatic hydroxyl groups is 1. The summed E-state index contributed by atoms with van der Waals surface area (Å²) >= 11 is 0. The van der Waals surface area contributed by atoms with Crippen LogP contribution in [0.15, 0.2) is 133 Å². The number of rotatable bonds is 9. The summed E-state index contributed by atoms with van der Waals surface area (Å²) in [5, 5.41) is 18.2. The number of hydrogen-bond acceptors (Lipinski definition) is 1. The summed E-state index contributed by atoms with van der Waals surface area (Å²) in [6.07, 6.45) is 0.735. The van der Waals surface area contributed by atoms with Crippen LogP contribution in [0.1, 0.15) is 25.8 Å². The van der Waals surface area contributed by atoms with E-state index in [2.05, 4.69) is 147 Å². The van der Waals surface area contributed by atoms with Crippen molar-refractivity contribution in [2.24, 2.45) is 0 Å². The molecule has 0 fully saturated rings. The lowest BCUT2D eigenvalue weighted by atomic mass is 9.83. The molecular formula is C34H33OP2-. The maximum atomic E-state index is 9.88. The zero-order valence-electron chi connectivity index (χ0n) is 21.5. The third-order valence-electron chi connectivity index (χ3n) is 6.90. The molecule has 0 spiro atoms. The molecule has 0 saturated heterocycles. The standard InChI is InChI=1S/C34H33OP2/c1-34(2,23-24-35)27-25-32(36(28-15-7-3-8-16-28)29-17-9-4-10-18-29)33(26-27)37(30-19-11-5-12-20-30)31-21-13-6-14-22-31/h3-22,25-26,35H,23-24H2,1-2H3/q-1. The van der Waals surface area contributed by atoms with Crippen LogP contribution in [0.5, 0.6) is 0 Å². The normalized spacial score (nSPS) is 11.8. The Morgan fingerprint density at radius 2 is 0.838 bits per heavy atom. The fourth-order valence-corrected chi connectivity index (χ4v) is 10.1. The van der Waals surface area contributed by atoms with Crippen LogP contribution in [-0.4, -0.2) is 11.7 Å². The monoisotopic (exact) mass is 519 g/mol. The van der Waals surface area contributed by atoms with Crippen LogP contribution >= 0.6 is 15.8 Å². The summed E-state index contributed by atoms with van der Waals surface area (Å²) in [5.41, 5.74) is 1.19. The molecule has 5 aromatic carbocycles. The first-order chi connectivity index (χ1) is 18.1. The summed E-state index contributed by atoms with van der Waals surface area (Å²) in [6, 6.07) is 48.8. The zero-order chi connectivity index (χ0) is 25.7. The lowest BCUT2D eigenvalue weighted by Gasteiger charge is -2.32. The fraction of sp³-hybridized carbons (Fsp3) is 0.147. The predicted octanol–water partition coefficient (Wildman–Crippen LogP) is 5.58. The minimum atomic E-state index is -0.762. The van der Waals surface area contributed by atoms with Gasteiger partial charge in [0.15, 0.2) is 0 Å². The zero-order valence-corrected chi connectivity index (χ0v) is 23.2. The number of hydrogen-bond donors (Lipinski definition) is 1. The Hall–Kier alpha value is -2.95. The minimum absolute atomic E-state index is 0.121. The van der Waals surface area contributed by atoms with Gasteiger partial charge in [0.25, 0.3) is 0 Å². The van der Waals surface area contributed by atoms with E-state index < -0.39 is 15.8 Å². The molecule has 5 aromatic rings. The average Bonchev–Trinajstić information content (AvgIpc) is 3.37. The molecule has 0 unspecified atom stereocenters. The van der Waals surface area contributed by atoms with Gasteiger partial charge >= 0.3 is 0 Å². The third-order valence-corrected chi connectivity index (χ3v) is 12.0. The van der Waals surface area contributed by atoms with Gasteiger partial charge in [0.1, 0.15) is 0 Å². The van der Waals surface area contributed by atoms with Gasteiger partial charge in [-0.2, -0.15) is 28.3 Å². The Bertz CT molecular complexity index is 1210. The van der Waals surface area contributed by atoms with Crippen molar-refractivity contribution in [2.45, 2.75) is 25.7 Å². The highest BCUT2D eigenvalue weighted by atomic mass is 31.1. The van der Waals surface area contributed by atoms with Crippen LogP contribution in [0, 0.1) is 0 Å². The fourth-order valence-electron chi connectivity index (χ4n) is 4.82. The van der Waals surface area contributed by atoms with Gasteiger partial charge in [0.05, 0.1) is 0 Å². The summed E-state index contributed by atoms with van der Waals surface area (Å²) < 4.78 is 0. The van der Waals surface area contributed by atoms with E-state index in [1.165, 1.54) is 37.4 Å². The van der Waals surface area contributed by atoms with Crippen LogP contribution in [0.3, 0.4) is 0 Å². The van der Waals surface area contributed by atoms with Crippen LogP contribution in [-0.2, 0) is 5.41 Å². The van der Waals surface area contributed by atoms with Crippen molar-refractivity contribution in [3.8, 4) is 0 Å². The molecule has 0 aliphatic rings. The molecule has 37 heavy (non-hydrogen) atoms. The van der Waals surface area contributed by atoms with Gasteiger partial charge in [-0.15, -0.1) is 0 Å². The highest BCUT2D eigenvalue weighted by Gasteiger charge is 2.24. The molecule has 3 heteroatoms. The van der Waals surface area contributed by atoms with E-state index in [4.69, 9.17) is 0 Å². The van der Waals surface area contributed by atoms with Gasteiger partial charge in [0.2, 0.25) is 0 Å². The van der Waals surface area contributed by atoms with E-state index in [1.54, 1.807) is 0 Å². The summed E-state index contributed by atoms with van der Waals surface area (Å²) in [6.45, 7) is 4.69. The van der Waals surface area contributed by atoms with Crippen LogP contribution in [0.4, 0.5) is 0 Å². The van der Waals surface area contributed by atoms with Gasteiger partial charge < -0.3 is 5.11 Å². The molecule has 0 radical (unpaired) electrons. The Morgan fingerprint density at radius 3 is 1.11 bits per heavy atom. The smallest absolute Gasteiger partial charge is 0.0429 e. The van der Waals surface area contributed by atoms with Gasteiger partial charge in [-0.3, -0.25) is 0 Å². The first-order valence-corrected chi connectivity index (χ1v) is 15.5. The first-order valence-electron chi connectivity index (χ1n) is 12.8. The van der Waals surface area contributed by atoms with Gasteiger partial charge in [-0.1, -0.05) is 156 Å². The van der Waals surface area contributed by atoms with Crippen molar-refractivity contribution >= 4 is 47.7 Å². The minimum Gasteiger partial charge on any atom is -0.396 e. The summed E-state index contributed by atoms with van der Waals surface area (Å²) in [4.78, 5) is 0. The van der Waals surface area contributed by atoms with E-state index in [0.29, 0.717) is 0 Å². The van der Waals surface area contributed by atoms with Crippen LogP contribution in [0.25, 0.3) is 0 Å². The van der Waals surface area contributed by atoms with Gasteiger partial charge in [-0.05, 0) is 27.6 Å². The van der Waals surface area contributed by atoms with Crippen molar-refractivity contribution in [1.29, 1.82) is 0 Å². The lowest BCUT2D eigenvalue weighted by molar-refractivity contribution is 0.252. The van der Waals surface area contributed by atoms with Crippen molar-refractivity contribution < 1.29 is 5.11 Å². The highest BCUT2D eigenvalue weighted by molar-refractivity contribution is 7.85. The average molecular weight is 520 g/mol. The van der Waals surface area contributed by atoms with E-state index in [9.17, 15) is 5.11 Å². The van der Waals surface area contributed by atoms with Crippen LogP contribution < -0.4 is 31.8 Å². The molecule has 186 valence electrons. The van der Waals surface area contributed by atoms with Crippen molar-refractivity contribution in [3.05, 3.63) is 139 Å². The topological polar surface area (TPSA) is 20.2 Å². The van der Waals surface area contributed by atoms with E-state index in [-0.39, 0.29) is 12.0 Å². The SMILES string of the molecule is CC(C)(CCO)[c-]1cc(P(c2ccccc2)c2ccccc2)c(P(c2ccccc2)c2ccccc2)c1. The maximum absolute atomic E-state index is 9.88. The second kappa shape index (κ2) is 11.6. The predicted molar refractivity (Wildman–Crippen MR) is 164 cm³/mol. The Balaban J connectivity index is 1.80. The molecule has 0 bridgehead atoms. The lowest BCUT2D eigenvalue weighted by Crippen LogP contribution is -2.32. The summed E-state index contributed by atoms with van der Waals surface area (Å²) in [5.74, 6) is 0. The molecule has 0 amide bonds. The molecule has 0 aromatic heterocycles. The van der Waals surface area contributed by atoms with E-state index >= 15 is 0 Å². The van der Waals surface area contributed by atoms with Crippen molar-refractivity contribution in [1.82, 2.24) is 0 Å². The maximum Gasteiger partial charge on any atom is 0.0429 e. The second-order valence-electron chi connectivity index (χ2n) is 9.89. The van der Waals surface area contributed by atoms with Crippen LogP contribution in [0.2, 0.25) is 0 Å². The molecule has 0 heterocycles. The van der Waals surface area contributed by atoms with Crippen molar-refractivity contribution in [3.63, 3.8) is 0 Å². The molecule has 0 aliphatic heterocycles. The molecular weight excluding hydrogens is 486 g/mol. The quantitative estimate of drug-likeness (QED) is 0.199. The van der Waals surface area contributed by atoms with E-state index in [0.717, 1.165) is 6.42 Å². The molecule has 0 saturated carbocycles. The van der Waals surface area contributed by atoms with Gasteiger partial charge in [0, 0.05) is 6.61 Å². The Kier molecular flexibility index (Phi) is 8.07. The van der Waals surface area contributed by atoms with Gasteiger partial charge in [-0.25, -0.2) is 0 Å². The molecule has 1 N–H and O–H groups in total. The third kappa shape index (κ3) is 5.66. The second-order valence-corrected chi connectivity index (χ2v) is 14.3. The Morgan fingerprint density at radius 1 is 0.541 bits per heavy atom. The van der Waals surface area contributed by atoms with Crippen molar-refractivity contribution in [2.75, 3.05) is 6.61 Å². The number of benzene rings is 4. The Labute approximate surface area is 223 Å².